The first-order chi connectivity index (χ1) is 7.60. The Morgan fingerprint density at radius 3 is 2.56 bits per heavy atom. The molecule has 4 heteroatoms. The Balaban J connectivity index is 2.59. The smallest absolute Gasteiger partial charge is 0.162 e. The second-order valence-electron chi connectivity index (χ2n) is 4.27. The molecule has 0 fully saturated rings. The molecule has 0 aromatic carbocycles. The van der Waals surface area contributed by atoms with Crippen LogP contribution in [0.2, 0.25) is 0 Å². The van der Waals surface area contributed by atoms with Gasteiger partial charge in [-0.1, -0.05) is 13.3 Å². The van der Waals surface area contributed by atoms with Gasteiger partial charge < -0.3 is 4.74 Å². The Bertz CT molecular complexity index is 336. The number of hydrogen-bond acceptors (Lipinski definition) is 3. The summed E-state index contributed by atoms with van der Waals surface area (Å²) < 4.78 is 7.72. The topological polar surface area (TPSA) is 27.1 Å². The molecule has 16 heavy (non-hydrogen) atoms. The van der Waals surface area contributed by atoms with Crippen LogP contribution in [0.15, 0.2) is 0 Å². The molecule has 1 aromatic rings. The Morgan fingerprint density at radius 1 is 1.44 bits per heavy atom. The summed E-state index contributed by atoms with van der Waals surface area (Å²) in [4.78, 5) is 0. The average Bonchev–Trinajstić information content (AvgIpc) is 2.49. The number of nitrogens with zero attached hydrogens (tertiary/aromatic N) is 2. The van der Waals surface area contributed by atoms with Crippen LogP contribution < -0.4 is 4.74 Å². The first-order valence-corrected chi connectivity index (χ1v) is 6.47. The van der Waals surface area contributed by atoms with Crippen molar-refractivity contribution in [2.24, 2.45) is 13.0 Å². The number of ether oxygens (including phenoxy) is 1. The maximum atomic E-state index is 5.86. The first kappa shape index (κ1) is 13.4. The molecule has 0 saturated heterocycles. The fourth-order valence-corrected chi connectivity index (χ4v) is 2.09. The fraction of sp³-hybridized carbons (Fsp3) is 0.750. The third-order valence-corrected chi connectivity index (χ3v) is 3.38. The zero-order valence-electron chi connectivity index (χ0n) is 10.7. The van der Waals surface area contributed by atoms with Crippen molar-refractivity contribution in [3.8, 4) is 5.75 Å². The molecule has 0 radical (unpaired) electrons. The van der Waals surface area contributed by atoms with Crippen LogP contribution >= 0.6 is 12.6 Å². The van der Waals surface area contributed by atoms with E-state index in [0.29, 0.717) is 5.92 Å². The second-order valence-corrected chi connectivity index (χ2v) is 4.64. The van der Waals surface area contributed by atoms with Crippen molar-refractivity contribution in [3.63, 3.8) is 0 Å². The Labute approximate surface area is 104 Å². The fourth-order valence-electron chi connectivity index (χ4n) is 1.80. The first-order valence-electron chi connectivity index (χ1n) is 5.84. The van der Waals surface area contributed by atoms with E-state index in [1.807, 2.05) is 25.6 Å². The highest BCUT2D eigenvalue weighted by molar-refractivity contribution is 7.80. The van der Waals surface area contributed by atoms with Gasteiger partial charge in [0.1, 0.15) is 5.69 Å². The maximum absolute atomic E-state index is 5.86. The highest BCUT2D eigenvalue weighted by atomic mass is 32.1. The van der Waals surface area contributed by atoms with Crippen molar-refractivity contribution in [3.05, 3.63) is 11.4 Å². The molecule has 0 aliphatic rings. The van der Waals surface area contributed by atoms with Crippen molar-refractivity contribution in [1.82, 2.24) is 9.78 Å². The standard InChI is InChI=1S/C12H22N2OS/c1-5-6-11(8-16)7-15-12-9(2)13-14(4)10(12)3/h11,16H,5-8H2,1-4H3. The number of thiol groups is 1. The number of hydrogen-bond donors (Lipinski definition) is 1. The summed E-state index contributed by atoms with van der Waals surface area (Å²) in [7, 11) is 1.94. The monoisotopic (exact) mass is 242 g/mol. The number of aromatic nitrogens is 2. The van der Waals surface area contributed by atoms with E-state index >= 15 is 0 Å². The Morgan fingerprint density at radius 2 is 2.12 bits per heavy atom. The van der Waals surface area contributed by atoms with Gasteiger partial charge in [0, 0.05) is 13.0 Å². The predicted molar refractivity (Wildman–Crippen MR) is 70.4 cm³/mol. The minimum atomic E-state index is 0.535. The van der Waals surface area contributed by atoms with Crippen LogP contribution in [0, 0.1) is 19.8 Å². The van der Waals surface area contributed by atoms with Crippen LogP contribution in [0.25, 0.3) is 0 Å². The van der Waals surface area contributed by atoms with Crippen LogP contribution in [0.1, 0.15) is 31.2 Å². The van der Waals surface area contributed by atoms with E-state index in [1.54, 1.807) is 0 Å². The van der Waals surface area contributed by atoms with Crippen molar-refractivity contribution >= 4 is 12.6 Å². The molecular formula is C12H22N2OS. The predicted octanol–water partition coefficient (Wildman–Crippen LogP) is 2.76. The van der Waals surface area contributed by atoms with Crippen molar-refractivity contribution in [2.45, 2.75) is 33.6 Å². The minimum absolute atomic E-state index is 0.535. The van der Waals surface area contributed by atoms with E-state index in [-0.39, 0.29) is 0 Å². The van der Waals surface area contributed by atoms with E-state index < -0.39 is 0 Å². The van der Waals surface area contributed by atoms with Gasteiger partial charge in [-0.3, -0.25) is 4.68 Å². The summed E-state index contributed by atoms with van der Waals surface area (Å²) in [5.74, 6) is 2.35. The molecule has 0 spiro atoms. The normalized spacial score (nSPS) is 12.8. The van der Waals surface area contributed by atoms with Crippen molar-refractivity contribution in [2.75, 3.05) is 12.4 Å². The highest BCUT2D eigenvalue weighted by Gasteiger charge is 2.13. The molecule has 92 valence electrons. The molecule has 0 aliphatic heterocycles. The second kappa shape index (κ2) is 6.18. The van der Waals surface area contributed by atoms with Crippen molar-refractivity contribution < 1.29 is 4.74 Å². The molecule has 0 saturated carbocycles. The molecule has 0 aliphatic carbocycles. The molecule has 3 nitrogen and oxygen atoms in total. The zero-order valence-corrected chi connectivity index (χ0v) is 11.6. The largest absolute Gasteiger partial charge is 0.489 e. The summed E-state index contributed by atoms with van der Waals surface area (Å²) in [6.07, 6.45) is 2.35. The Hall–Kier alpha value is -0.640. The van der Waals surface area contributed by atoms with Crippen LogP contribution in [0.4, 0.5) is 0 Å². The van der Waals surface area contributed by atoms with Gasteiger partial charge in [-0.05, 0) is 26.0 Å². The van der Waals surface area contributed by atoms with E-state index in [1.165, 1.54) is 12.8 Å². The SMILES string of the molecule is CCCC(CS)COc1c(C)nn(C)c1C. The van der Waals surface area contributed by atoms with Crippen LogP contribution in [-0.4, -0.2) is 22.1 Å². The summed E-state index contributed by atoms with van der Waals surface area (Å²) in [5, 5.41) is 4.33. The third kappa shape index (κ3) is 3.17. The maximum Gasteiger partial charge on any atom is 0.162 e. The van der Waals surface area contributed by atoms with Crippen LogP contribution in [-0.2, 0) is 7.05 Å². The molecule has 0 bridgehead atoms. The highest BCUT2D eigenvalue weighted by Crippen LogP contribution is 2.22. The molecule has 0 N–H and O–H groups in total. The van der Waals surface area contributed by atoms with Gasteiger partial charge in [0.05, 0.1) is 12.3 Å². The van der Waals surface area contributed by atoms with Gasteiger partial charge in [-0.25, -0.2) is 0 Å². The quantitative estimate of drug-likeness (QED) is 0.777. The number of rotatable bonds is 6. The summed E-state index contributed by atoms with van der Waals surface area (Å²) >= 11 is 4.35. The summed E-state index contributed by atoms with van der Waals surface area (Å²) in [6, 6.07) is 0. The lowest BCUT2D eigenvalue weighted by Crippen LogP contribution is -2.14. The van der Waals surface area contributed by atoms with E-state index in [0.717, 1.165) is 29.5 Å². The minimum Gasteiger partial charge on any atom is -0.489 e. The zero-order chi connectivity index (χ0) is 12.1. The molecule has 1 atom stereocenters. The summed E-state index contributed by atoms with van der Waals surface area (Å²) in [6.45, 7) is 6.95. The van der Waals surface area contributed by atoms with Gasteiger partial charge in [0.15, 0.2) is 5.75 Å². The van der Waals surface area contributed by atoms with E-state index in [9.17, 15) is 0 Å². The van der Waals surface area contributed by atoms with Gasteiger partial charge in [0.2, 0.25) is 0 Å². The molecule has 1 heterocycles. The molecule has 1 rings (SSSR count). The lowest BCUT2D eigenvalue weighted by Gasteiger charge is -2.14. The number of aryl methyl sites for hydroxylation is 2. The van der Waals surface area contributed by atoms with Gasteiger partial charge >= 0.3 is 0 Å². The van der Waals surface area contributed by atoms with Gasteiger partial charge in [-0.15, -0.1) is 0 Å². The molecule has 1 aromatic heterocycles. The summed E-state index contributed by atoms with van der Waals surface area (Å²) in [5.41, 5.74) is 2.06. The van der Waals surface area contributed by atoms with Gasteiger partial charge in [-0.2, -0.15) is 17.7 Å². The molecule has 0 amide bonds. The average molecular weight is 242 g/mol. The van der Waals surface area contributed by atoms with E-state index in [4.69, 9.17) is 4.74 Å². The lowest BCUT2D eigenvalue weighted by molar-refractivity contribution is 0.251. The third-order valence-electron chi connectivity index (χ3n) is 2.86. The van der Waals surface area contributed by atoms with Gasteiger partial charge in [0.25, 0.3) is 0 Å². The lowest BCUT2D eigenvalue weighted by atomic mass is 10.1. The van der Waals surface area contributed by atoms with Crippen LogP contribution in [0.3, 0.4) is 0 Å². The van der Waals surface area contributed by atoms with E-state index in [2.05, 4.69) is 24.7 Å². The Kier molecular flexibility index (Phi) is 5.19. The van der Waals surface area contributed by atoms with Crippen molar-refractivity contribution in [1.29, 1.82) is 0 Å². The molecule has 1 unspecified atom stereocenters. The molecular weight excluding hydrogens is 220 g/mol. The van der Waals surface area contributed by atoms with Crippen LogP contribution in [0.5, 0.6) is 5.75 Å².